The molecule has 0 radical (unpaired) electrons. The molecule has 38 heavy (non-hydrogen) atoms. The molecule has 3 heterocycles. The van der Waals surface area contributed by atoms with E-state index in [0.717, 1.165) is 33.2 Å². The molecule has 0 aliphatic heterocycles. The maximum absolute atomic E-state index is 10.6. The minimum Gasteiger partial charge on any atom is -0.507 e. The molecular formula is C32H26N3O2Pt-. The van der Waals surface area contributed by atoms with Crippen molar-refractivity contribution in [3.05, 3.63) is 109 Å². The number of hydrogen-bond donors (Lipinski definition) is 1. The number of pyridine rings is 2. The van der Waals surface area contributed by atoms with Crippen LogP contribution in [0.1, 0.15) is 26.3 Å². The Kier molecular flexibility index (Phi) is 6.81. The van der Waals surface area contributed by atoms with Gasteiger partial charge in [0.05, 0.1) is 5.69 Å². The first-order valence-corrected chi connectivity index (χ1v) is 12.2. The summed E-state index contributed by atoms with van der Waals surface area (Å²) in [7, 11) is 0. The summed E-state index contributed by atoms with van der Waals surface area (Å²) in [5.41, 5.74) is 4.38. The molecule has 3 aromatic carbocycles. The fraction of sp³-hybridized carbons (Fsp3) is 0.125. The van der Waals surface area contributed by atoms with Crippen molar-refractivity contribution in [3.8, 4) is 34.6 Å². The molecule has 0 saturated carbocycles. The van der Waals surface area contributed by atoms with Crippen molar-refractivity contribution in [1.82, 2.24) is 14.5 Å². The quantitative estimate of drug-likeness (QED) is 0.193. The van der Waals surface area contributed by atoms with Crippen molar-refractivity contribution in [1.29, 1.82) is 0 Å². The first kappa shape index (κ1) is 25.7. The van der Waals surface area contributed by atoms with Gasteiger partial charge in [-0.15, -0.1) is 5.39 Å². The van der Waals surface area contributed by atoms with Gasteiger partial charge in [-0.3, -0.25) is 0 Å². The number of aromatic nitrogens is 3. The van der Waals surface area contributed by atoms with Crippen LogP contribution >= 0.6 is 0 Å². The number of benzene rings is 3. The van der Waals surface area contributed by atoms with Crippen molar-refractivity contribution in [2.75, 3.05) is 0 Å². The van der Waals surface area contributed by atoms with E-state index in [-0.39, 0.29) is 32.2 Å². The summed E-state index contributed by atoms with van der Waals surface area (Å²) >= 11 is 0. The SMILES string of the molecule is CC(C)(C)c1ccc(O)c(-c2cccc(Oc3cccc(-n4c5[c-]cccc5c5ccccc54)n3)n2)c1.[Pt]. The summed E-state index contributed by atoms with van der Waals surface area (Å²) in [6.07, 6.45) is 0. The second-order valence-electron chi connectivity index (χ2n) is 10.1. The predicted molar refractivity (Wildman–Crippen MR) is 148 cm³/mol. The van der Waals surface area contributed by atoms with Crippen LogP contribution < -0.4 is 4.74 Å². The van der Waals surface area contributed by atoms with Gasteiger partial charge in [-0.05, 0) is 46.7 Å². The van der Waals surface area contributed by atoms with E-state index in [2.05, 4.69) is 54.6 Å². The number of hydrogen-bond acceptors (Lipinski definition) is 4. The van der Waals surface area contributed by atoms with Gasteiger partial charge in [0.2, 0.25) is 11.8 Å². The molecule has 0 unspecified atom stereocenters. The Hall–Kier alpha value is -3.95. The van der Waals surface area contributed by atoms with Crippen LogP contribution in [0, 0.1) is 6.07 Å². The molecule has 6 rings (SSSR count). The van der Waals surface area contributed by atoms with E-state index in [4.69, 9.17) is 9.72 Å². The van der Waals surface area contributed by atoms with Crippen LogP contribution in [0.5, 0.6) is 17.5 Å². The molecular weight excluding hydrogens is 653 g/mol. The van der Waals surface area contributed by atoms with Gasteiger partial charge in [-0.1, -0.05) is 62.7 Å². The van der Waals surface area contributed by atoms with Crippen molar-refractivity contribution in [2.45, 2.75) is 26.2 Å². The fourth-order valence-electron chi connectivity index (χ4n) is 4.61. The normalized spacial score (nSPS) is 11.4. The van der Waals surface area contributed by atoms with Crippen LogP contribution in [0.25, 0.3) is 38.9 Å². The van der Waals surface area contributed by atoms with E-state index in [1.54, 1.807) is 12.1 Å². The van der Waals surface area contributed by atoms with E-state index in [1.807, 2.05) is 66.7 Å². The third kappa shape index (κ3) is 4.70. The van der Waals surface area contributed by atoms with E-state index in [9.17, 15) is 5.11 Å². The monoisotopic (exact) mass is 679 g/mol. The molecule has 5 nitrogen and oxygen atoms in total. The van der Waals surface area contributed by atoms with Crippen molar-refractivity contribution < 1.29 is 30.9 Å². The van der Waals surface area contributed by atoms with Gasteiger partial charge in [0.15, 0.2) is 0 Å². The summed E-state index contributed by atoms with van der Waals surface area (Å²) in [6, 6.07) is 34.5. The molecule has 0 aliphatic carbocycles. The maximum Gasteiger partial charge on any atom is 0.223 e. The van der Waals surface area contributed by atoms with Crippen molar-refractivity contribution in [3.63, 3.8) is 0 Å². The Morgan fingerprint density at radius 3 is 2.34 bits per heavy atom. The second kappa shape index (κ2) is 10.1. The molecule has 0 bridgehead atoms. The largest absolute Gasteiger partial charge is 0.507 e. The molecule has 0 aliphatic rings. The molecule has 3 aromatic heterocycles. The zero-order valence-electron chi connectivity index (χ0n) is 21.3. The van der Waals surface area contributed by atoms with Crippen LogP contribution in [0.15, 0.2) is 97.1 Å². The standard InChI is InChI=1S/C32H26N3O2.Pt/c1-32(2,3)21-18-19-28(36)24(20-21)25-12-8-16-30(33-25)37-31-17-9-15-29(34-31)35-26-13-6-4-10-22(26)23-11-5-7-14-27(23)35;/h4-13,15-20,36H,1-3H3;/q-1;. The first-order valence-electron chi connectivity index (χ1n) is 12.2. The van der Waals surface area contributed by atoms with Gasteiger partial charge in [0.1, 0.15) is 11.6 Å². The van der Waals surface area contributed by atoms with Crippen LogP contribution in [0.3, 0.4) is 0 Å². The first-order chi connectivity index (χ1) is 17.9. The molecule has 1 N–H and O–H groups in total. The van der Waals surface area contributed by atoms with Gasteiger partial charge >= 0.3 is 0 Å². The molecule has 0 saturated heterocycles. The van der Waals surface area contributed by atoms with E-state index in [0.29, 0.717) is 23.0 Å². The zero-order valence-corrected chi connectivity index (χ0v) is 23.5. The Labute approximate surface area is 236 Å². The topological polar surface area (TPSA) is 60.2 Å². The minimum atomic E-state index is -0.0504. The maximum atomic E-state index is 10.6. The van der Waals surface area contributed by atoms with E-state index in [1.165, 1.54) is 0 Å². The number of phenolic OH excluding ortho intramolecular Hbond substituents is 1. The molecule has 6 heteroatoms. The van der Waals surface area contributed by atoms with Gasteiger partial charge < -0.3 is 14.4 Å². The van der Waals surface area contributed by atoms with Gasteiger partial charge in [0, 0.05) is 44.3 Å². The van der Waals surface area contributed by atoms with Crippen molar-refractivity contribution in [2.24, 2.45) is 0 Å². The van der Waals surface area contributed by atoms with E-state index >= 15 is 0 Å². The molecule has 192 valence electrons. The third-order valence-electron chi connectivity index (χ3n) is 6.50. The summed E-state index contributed by atoms with van der Waals surface area (Å²) in [5.74, 6) is 1.74. The van der Waals surface area contributed by atoms with Crippen molar-refractivity contribution >= 4 is 21.8 Å². The number of nitrogens with zero attached hydrogens (tertiary/aromatic N) is 3. The zero-order chi connectivity index (χ0) is 25.6. The van der Waals surface area contributed by atoms with Crippen LogP contribution in [0.2, 0.25) is 0 Å². The summed E-state index contributed by atoms with van der Waals surface area (Å²) in [5, 5.41) is 12.8. The van der Waals surface area contributed by atoms with E-state index < -0.39 is 0 Å². The van der Waals surface area contributed by atoms with Gasteiger partial charge in [-0.25, -0.2) is 4.98 Å². The molecule has 0 atom stereocenters. The Morgan fingerprint density at radius 2 is 1.53 bits per heavy atom. The van der Waals surface area contributed by atoms with Gasteiger partial charge in [0.25, 0.3) is 0 Å². The summed E-state index contributed by atoms with van der Waals surface area (Å²) in [4.78, 5) is 9.49. The number of phenols is 1. The van der Waals surface area contributed by atoms with Crippen LogP contribution in [0.4, 0.5) is 0 Å². The molecule has 0 spiro atoms. The average molecular weight is 680 g/mol. The number of para-hydroxylation sites is 2. The number of rotatable bonds is 4. The number of fused-ring (bicyclic) bond motifs is 3. The third-order valence-corrected chi connectivity index (χ3v) is 6.50. The number of ether oxygens (including phenoxy) is 1. The molecule has 0 amide bonds. The molecule has 6 aromatic rings. The Balaban J connectivity index is 0.00000294. The van der Waals surface area contributed by atoms with Gasteiger partial charge in [-0.2, -0.15) is 29.2 Å². The minimum absolute atomic E-state index is 0. The Bertz CT molecular complexity index is 1720. The summed E-state index contributed by atoms with van der Waals surface area (Å²) in [6.45, 7) is 6.43. The smallest absolute Gasteiger partial charge is 0.223 e. The number of aromatic hydroxyl groups is 1. The van der Waals surface area contributed by atoms with Crippen LogP contribution in [-0.4, -0.2) is 19.6 Å². The Morgan fingerprint density at radius 1 is 0.789 bits per heavy atom. The second-order valence-corrected chi connectivity index (χ2v) is 10.1. The van der Waals surface area contributed by atoms with Crippen LogP contribution in [-0.2, 0) is 26.5 Å². The predicted octanol–water partition coefficient (Wildman–Crippen LogP) is 7.83. The summed E-state index contributed by atoms with van der Waals surface area (Å²) < 4.78 is 8.21. The average Bonchev–Trinajstić information content (AvgIpc) is 3.23. The molecule has 0 fully saturated rings. The fourth-order valence-corrected chi connectivity index (χ4v) is 4.61.